The normalized spacial score (nSPS) is 9.85. The third-order valence-electron chi connectivity index (χ3n) is 1.26. The number of carbonyl (C=O) groups is 2. The second-order valence-corrected chi connectivity index (χ2v) is 3.67. The van der Waals surface area contributed by atoms with E-state index in [1.54, 1.807) is 6.26 Å². The number of amides is 2. The third-order valence-corrected chi connectivity index (χ3v) is 1.77. The minimum absolute atomic E-state index is 0.0311. The van der Waals surface area contributed by atoms with Crippen molar-refractivity contribution in [3.63, 3.8) is 0 Å². The Kier molecular flexibility index (Phi) is 6.40. The summed E-state index contributed by atoms with van der Waals surface area (Å²) >= 11 is 1.11. The largest absolute Gasteiger partial charge is 0.354 e. The molecule has 2 N–H and O–H groups in total. The number of thioether (sulfide) groups is 1. The maximum Gasteiger partial charge on any atom is 0.278 e. The smallest absolute Gasteiger partial charge is 0.278 e. The molecule has 0 aromatic carbocycles. The molecule has 0 atom stereocenters. The van der Waals surface area contributed by atoms with E-state index in [0.717, 1.165) is 11.8 Å². The summed E-state index contributed by atoms with van der Waals surface area (Å²) in [4.78, 5) is 21.8. The van der Waals surface area contributed by atoms with Gasteiger partial charge in [-0.1, -0.05) is 11.8 Å². The first-order valence-corrected chi connectivity index (χ1v) is 5.40. The molecule has 0 aromatic heterocycles. The lowest BCUT2D eigenvalue weighted by Gasteiger charge is -2.08. The van der Waals surface area contributed by atoms with Crippen molar-refractivity contribution < 1.29 is 9.59 Å². The van der Waals surface area contributed by atoms with E-state index in [4.69, 9.17) is 0 Å². The molecule has 0 fully saturated rings. The quantitative estimate of drug-likeness (QED) is 0.717. The summed E-state index contributed by atoms with van der Waals surface area (Å²) in [6.07, 6.45) is 2.04. The zero-order valence-corrected chi connectivity index (χ0v) is 9.03. The Morgan fingerprint density at radius 1 is 1.38 bits per heavy atom. The molecule has 0 aliphatic heterocycles. The van der Waals surface area contributed by atoms with Gasteiger partial charge in [-0.3, -0.25) is 9.59 Å². The topological polar surface area (TPSA) is 58.2 Å². The first-order chi connectivity index (χ1) is 6.06. The Morgan fingerprint density at radius 3 is 2.46 bits per heavy atom. The third kappa shape index (κ3) is 7.64. The van der Waals surface area contributed by atoms with Crippen LogP contribution < -0.4 is 10.6 Å². The van der Waals surface area contributed by atoms with E-state index in [-0.39, 0.29) is 17.2 Å². The van der Waals surface area contributed by atoms with Gasteiger partial charge >= 0.3 is 0 Å². The van der Waals surface area contributed by atoms with Crippen LogP contribution in [-0.4, -0.2) is 30.0 Å². The summed E-state index contributed by atoms with van der Waals surface area (Å²) in [5.41, 5.74) is 0. The van der Waals surface area contributed by atoms with E-state index < -0.39 is 0 Å². The average Bonchev–Trinajstić information content (AvgIpc) is 2.02. The fraction of sp³-hybridized carbons (Fsp3) is 0.750. The molecule has 13 heavy (non-hydrogen) atoms. The number of rotatable bonds is 4. The van der Waals surface area contributed by atoms with E-state index in [1.165, 1.54) is 0 Å². The molecule has 2 amide bonds. The number of hydrogen-bond donors (Lipinski definition) is 2. The summed E-state index contributed by atoms with van der Waals surface area (Å²) < 4.78 is 0. The van der Waals surface area contributed by atoms with Gasteiger partial charge in [0.2, 0.25) is 5.91 Å². The molecule has 0 aliphatic carbocycles. The Hall–Kier alpha value is -0.710. The second kappa shape index (κ2) is 6.77. The summed E-state index contributed by atoms with van der Waals surface area (Å²) in [6.45, 7) is 4.20. The molecule has 0 unspecified atom stereocenters. The van der Waals surface area contributed by atoms with Crippen molar-refractivity contribution in [3.8, 4) is 0 Å². The highest BCUT2D eigenvalue weighted by atomic mass is 32.2. The average molecular weight is 204 g/mol. The highest BCUT2D eigenvalue weighted by Gasteiger charge is 2.03. The fourth-order valence-corrected chi connectivity index (χ4v) is 0.991. The van der Waals surface area contributed by atoms with Crippen LogP contribution in [0.2, 0.25) is 0 Å². The van der Waals surface area contributed by atoms with Crippen molar-refractivity contribution in [2.75, 3.05) is 12.8 Å². The van der Waals surface area contributed by atoms with Crippen molar-refractivity contribution in [3.05, 3.63) is 0 Å². The maximum absolute atomic E-state index is 11.1. The van der Waals surface area contributed by atoms with E-state index >= 15 is 0 Å². The fourth-order valence-electron chi connectivity index (χ4n) is 0.744. The van der Waals surface area contributed by atoms with Crippen LogP contribution in [0.3, 0.4) is 0 Å². The van der Waals surface area contributed by atoms with Crippen molar-refractivity contribution in [1.82, 2.24) is 10.6 Å². The predicted molar refractivity (Wildman–Crippen MR) is 54.8 cm³/mol. The monoisotopic (exact) mass is 204 g/mol. The van der Waals surface area contributed by atoms with E-state index in [1.807, 2.05) is 13.8 Å². The number of nitrogens with one attached hydrogen (secondary N) is 2. The molecule has 0 heterocycles. The van der Waals surface area contributed by atoms with Crippen LogP contribution in [0, 0.1) is 0 Å². The van der Waals surface area contributed by atoms with Crippen LogP contribution in [0.1, 0.15) is 20.3 Å². The summed E-state index contributed by atoms with van der Waals surface area (Å²) in [7, 11) is 0. The molecule has 0 radical (unpaired) electrons. The van der Waals surface area contributed by atoms with Gasteiger partial charge < -0.3 is 10.6 Å². The van der Waals surface area contributed by atoms with Gasteiger partial charge in [0.05, 0.1) is 0 Å². The Morgan fingerprint density at radius 2 is 2.00 bits per heavy atom. The van der Waals surface area contributed by atoms with Gasteiger partial charge in [-0.2, -0.15) is 0 Å². The SMILES string of the molecule is CSC(=O)NCCC(=O)NC(C)C. The standard InChI is InChI=1S/C8H16N2O2S/c1-6(2)10-7(11)4-5-9-8(12)13-3/h6H,4-5H2,1-3H3,(H,9,12)(H,10,11). The van der Waals surface area contributed by atoms with Crippen LogP contribution in [0.25, 0.3) is 0 Å². The molecule has 0 saturated carbocycles. The van der Waals surface area contributed by atoms with Gasteiger partial charge in [0.25, 0.3) is 5.24 Å². The first kappa shape index (κ1) is 12.3. The van der Waals surface area contributed by atoms with Crippen molar-refractivity contribution >= 4 is 22.9 Å². The van der Waals surface area contributed by atoms with E-state index in [0.29, 0.717) is 13.0 Å². The summed E-state index contributed by atoms with van der Waals surface area (Å²) in [5, 5.41) is 5.24. The van der Waals surface area contributed by atoms with Crippen LogP contribution in [0.5, 0.6) is 0 Å². The van der Waals surface area contributed by atoms with E-state index in [9.17, 15) is 9.59 Å². The maximum atomic E-state index is 11.1. The molecule has 4 nitrogen and oxygen atoms in total. The zero-order chi connectivity index (χ0) is 10.3. The molecule has 0 aromatic rings. The Balaban J connectivity index is 3.42. The van der Waals surface area contributed by atoms with Gasteiger partial charge in [-0.05, 0) is 20.1 Å². The molecule has 0 aliphatic rings. The predicted octanol–water partition coefficient (Wildman–Crippen LogP) is 0.974. The summed E-state index contributed by atoms with van der Waals surface area (Å²) in [5.74, 6) is -0.0311. The Labute approximate surface area is 82.8 Å². The molecule has 0 spiro atoms. The molecular weight excluding hydrogens is 188 g/mol. The Bertz CT molecular complexity index is 183. The van der Waals surface area contributed by atoms with Gasteiger partial charge in [0, 0.05) is 19.0 Å². The molecule has 0 bridgehead atoms. The van der Waals surface area contributed by atoms with Gasteiger partial charge in [0.15, 0.2) is 0 Å². The van der Waals surface area contributed by atoms with Gasteiger partial charge in [-0.15, -0.1) is 0 Å². The first-order valence-electron chi connectivity index (χ1n) is 4.17. The van der Waals surface area contributed by atoms with Crippen LogP contribution in [-0.2, 0) is 4.79 Å². The zero-order valence-electron chi connectivity index (χ0n) is 8.22. The minimum atomic E-state index is -0.0997. The lowest BCUT2D eigenvalue weighted by atomic mass is 10.3. The van der Waals surface area contributed by atoms with Crippen LogP contribution in [0.4, 0.5) is 4.79 Å². The van der Waals surface area contributed by atoms with Crippen LogP contribution >= 0.6 is 11.8 Å². The molecule has 76 valence electrons. The summed E-state index contributed by atoms with van der Waals surface area (Å²) in [6, 6.07) is 0.156. The van der Waals surface area contributed by atoms with Gasteiger partial charge in [-0.25, -0.2) is 0 Å². The number of carbonyl (C=O) groups excluding carboxylic acids is 2. The van der Waals surface area contributed by atoms with Crippen molar-refractivity contribution in [2.24, 2.45) is 0 Å². The minimum Gasteiger partial charge on any atom is -0.354 e. The van der Waals surface area contributed by atoms with Crippen molar-refractivity contribution in [2.45, 2.75) is 26.3 Å². The molecular formula is C8H16N2O2S. The lowest BCUT2D eigenvalue weighted by Crippen LogP contribution is -2.33. The molecule has 0 rings (SSSR count). The highest BCUT2D eigenvalue weighted by Crippen LogP contribution is 1.92. The van der Waals surface area contributed by atoms with E-state index in [2.05, 4.69) is 10.6 Å². The molecule has 5 heteroatoms. The van der Waals surface area contributed by atoms with Gasteiger partial charge in [0.1, 0.15) is 0 Å². The second-order valence-electron chi connectivity index (χ2n) is 2.89. The molecule has 0 saturated heterocycles. The number of hydrogen-bond acceptors (Lipinski definition) is 3. The van der Waals surface area contributed by atoms with Crippen LogP contribution in [0.15, 0.2) is 0 Å². The van der Waals surface area contributed by atoms with Crippen molar-refractivity contribution in [1.29, 1.82) is 0 Å². The lowest BCUT2D eigenvalue weighted by molar-refractivity contribution is -0.121. The highest BCUT2D eigenvalue weighted by molar-refractivity contribution is 8.12.